The second kappa shape index (κ2) is 5.09. The molecular formula is C11H15N5O2. The Bertz CT molecular complexity index is 543. The molecule has 2 rings (SSSR count). The van der Waals surface area contributed by atoms with Gasteiger partial charge in [-0.3, -0.25) is 9.48 Å². The molecule has 0 aliphatic carbocycles. The van der Waals surface area contributed by atoms with Crippen LogP contribution in [0, 0.1) is 0 Å². The van der Waals surface area contributed by atoms with Crippen molar-refractivity contribution in [2.45, 2.75) is 13.0 Å². The van der Waals surface area contributed by atoms with E-state index in [4.69, 9.17) is 4.52 Å². The highest BCUT2D eigenvalue weighted by Gasteiger charge is 2.15. The fraction of sp³-hybridized carbons (Fsp3) is 0.455. The van der Waals surface area contributed by atoms with Crippen LogP contribution in [0.1, 0.15) is 22.2 Å². The number of hydrogen-bond acceptors (Lipinski definition) is 6. The molecule has 0 aliphatic rings. The second-order valence-electron chi connectivity index (χ2n) is 4.28. The van der Waals surface area contributed by atoms with Gasteiger partial charge in [-0.1, -0.05) is 5.16 Å². The number of carbonyl (C=O) groups excluding carboxylic acids is 1. The number of aromatic nitrogens is 4. The van der Waals surface area contributed by atoms with Crippen molar-refractivity contribution in [2.75, 3.05) is 14.1 Å². The van der Waals surface area contributed by atoms with Crippen LogP contribution < -0.4 is 0 Å². The lowest BCUT2D eigenvalue weighted by Crippen LogP contribution is -2.12. The van der Waals surface area contributed by atoms with Crippen molar-refractivity contribution in [3.63, 3.8) is 0 Å². The summed E-state index contributed by atoms with van der Waals surface area (Å²) in [5, 5.41) is 7.76. The summed E-state index contributed by atoms with van der Waals surface area (Å²) < 4.78 is 6.56. The molecule has 96 valence electrons. The largest absolute Gasteiger partial charge is 0.339 e. The Morgan fingerprint density at radius 3 is 2.89 bits per heavy atom. The standard InChI is InChI=1S/C11H15N5O2/c1-15(2)7-10-13-11(18-14-10)6-9(17)8-4-5-12-16(8)3/h4-5H,6-7H2,1-3H3. The van der Waals surface area contributed by atoms with E-state index in [-0.39, 0.29) is 12.2 Å². The van der Waals surface area contributed by atoms with Crippen LogP contribution in [0.5, 0.6) is 0 Å². The van der Waals surface area contributed by atoms with E-state index >= 15 is 0 Å². The zero-order chi connectivity index (χ0) is 13.1. The Kier molecular flexibility index (Phi) is 3.52. The van der Waals surface area contributed by atoms with Gasteiger partial charge in [-0.25, -0.2) is 0 Å². The van der Waals surface area contributed by atoms with Crippen LogP contribution in [0.25, 0.3) is 0 Å². The number of nitrogens with zero attached hydrogens (tertiary/aromatic N) is 5. The van der Waals surface area contributed by atoms with Crippen molar-refractivity contribution in [3.8, 4) is 0 Å². The van der Waals surface area contributed by atoms with E-state index in [0.29, 0.717) is 24.0 Å². The molecule has 2 heterocycles. The van der Waals surface area contributed by atoms with Crippen LogP contribution >= 0.6 is 0 Å². The molecule has 0 aliphatic heterocycles. The Hall–Kier alpha value is -2.02. The molecule has 0 atom stereocenters. The van der Waals surface area contributed by atoms with Gasteiger partial charge in [0.2, 0.25) is 5.89 Å². The van der Waals surface area contributed by atoms with Crippen LogP contribution in [0.2, 0.25) is 0 Å². The highest BCUT2D eigenvalue weighted by Crippen LogP contribution is 2.06. The van der Waals surface area contributed by atoms with E-state index in [1.165, 1.54) is 4.68 Å². The monoisotopic (exact) mass is 249 g/mol. The Morgan fingerprint density at radius 2 is 2.28 bits per heavy atom. The Balaban J connectivity index is 2.04. The molecule has 2 aromatic rings. The zero-order valence-corrected chi connectivity index (χ0v) is 10.6. The van der Waals surface area contributed by atoms with Crippen LogP contribution in [0.3, 0.4) is 0 Å². The smallest absolute Gasteiger partial charge is 0.234 e. The maximum Gasteiger partial charge on any atom is 0.234 e. The number of ketones is 1. The molecule has 2 aromatic heterocycles. The van der Waals surface area contributed by atoms with Gasteiger partial charge in [0, 0.05) is 13.2 Å². The third-order valence-electron chi connectivity index (χ3n) is 2.39. The van der Waals surface area contributed by atoms with Crippen molar-refractivity contribution in [1.29, 1.82) is 0 Å². The van der Waals surface area contributed by atoms with Crippen molar-refractivity contribution < 1.29 is 9.32 Å². The lowest BCUT2D eigenvalue weighted by atomic mass is 10.2. The Morgan fingerprint density at radius 1 is 1.50 bits per heavy atom. The Labute approximate surface area is 104 Å². The highest BCUT2D eigenvalue weighted by molar-refractivity contribution is 5.95. The zero-order valence-electron chi connectivity index (χ0n) is 10.6. The molecule has 7 heteroatoms. The molecule has 0 fully saturated rings. The molecule has 0 saturated heterocycles. The van der Waals surface area contributed by atoms with Gasteiger partial charge in [-0.15, -0.1) is 0 Å². The molecule has 7 nitrogen and oxygen atoms in total. The summed E-state index contributed by atoms with van der Waals surface area (Å²) in [4.78, 5) is 18.0. The third-order valence-corrected chi connectivity index (χ3v) is 2.39. The predicted octanol–water partition coefficient (Wildman–Crippen LogP) is 0.290. The number of hydrogen-bond donors (Lipinski definition) is 0. The summed E-state index contributed by atoms with van der Waals surface area (Å²) in [7, 11) is 5.55. The van der Waals surface area contributed by atoms with Gasteiger partial charge in [0.25, 0.3) is 0 Å². The first-order chi connectivity index (χ1) is 8.56. The fourth-order valence-corrected chi connectivity index (χ4v) is 1.58. The first-order valence-electron chi connectivity index (χ1n) is 5.53. The number of aryl methyl sites for hydroxylation is 1. The number of Topliss-reactive ketones (excluding diaryl/α,β-unsaturated/α-hetero) is 1. The van der Waals surface area contributed by atoms with Crippen molar-refractivity contribution in [1.82, 2.24) is 24.8 Å². The summed E-state index contributed by atoms with van der Waals surface area (Å²) >= 11 is 0. The molecule has 0 radical (unpaired) electrons. The highest BCUT2D eigenvalue weighted by atomic mass is 16.5. The van der Waals surface area contributed by atoms with Crippen LogP contribution in [0.15, 0.2) is 16.8 Å². The molecule has 0 N–H and O–H groups in total. The lowest BCUT2D eigenvalue weighted by Gasteiger charge is -2.03. The summed E-state index contributed by atoms with van der Waals surface area (Å²) in [5.41, 5.74) is 0.530. The third kappa shape index (κ3) is 2.80. The summed E-state index contributed by atoms with van der Waals surface area (Å²) in [6, 6.07) is 1.67. The quantitative estimate of drug-likeness (QED) is 0.709. The van der Waals surface area contributed by atoms with Gasteiger partial charge in [0.15, 0.2) is 11.6 Å². The average molecular weight is 249 g/mol. The molecule has 18 heavy (non-hydrogen) atoms. The molecule has 0 aromatic carbocycles. The molecule has 0 unspecified atom stereocenters. The van der Waals surface area contributed by atoms with Crippen LogP contribution in [0.4, 0.5) is 0 Å². The number of carbonyl (C=O) groups is 1. The minimum absolute atomic E-state index is 0.0879. The van der Waals surface area contributed by atoms with Gasteiger partial charge in [0.1, 0.15) is 5.69 Å². The van der Waals surface area contributed by atoms with Crippen molar-refractivity contribution >= 4 is 5.78 Å². The van der Waals surface area contributed by atoms with E-state index in [9.17, 15) is 4.79 Å². The summed E-state index contributed by atoms with van der Waals surface area (Å²) in [6.45, 7) is 0.587. The molecule has 0 saturated carbocycles. The first kappa shape index (κ1) is 12.4. The maximum atomic E-state index is 11.9. The minimum Gasteiger partial charge on any atom is -0.339 e. The average Bonchev–Trinajstić information content (AvgIpc) is 2.87. The molecule has 0 amide bonds. The normalized spacial score (nSPS) is 11.1. The summed E-state index contributed by atoms with van der Waals surface area (Å²) in [6.07, 6.45) is 1.68. The second-order valence-corrected chi connectivity index (χ2v) is 4.28. The van der Waals surface area contributed by atoms with E-state index < -0.39 is 0 Å². The molecule has 0 bridgehead atoms. The lowest BCUT2D eigenvalue weighted by molar-refractivity contribution is 0.0974. The topological polar surface area (TPSA) is 77.0 Å². The van der Waals surface area contributed by atoms with E-state index in [0.717, 1.165) is 0 Å². The summed E-state index contributed by atoms with van der Waals surface area (Å²) in [5.74, 6) is 0.820. The molecule has 0 spiro atoms. The fourth-order valence-electron chi connectivity index (χ4n) is 1.58. The number of rotatable bonds is 5. The van der Waals surface area contributed by atoms with E-state index in [1.54, 1.807) is 19.3 Å². The minimum atomic E-state index is -0.0879. The SMILES string of the molecule is CN(C)Cc1noc(CC(=O)c2ccnn2C)n1. The van der Waals surface area contributed by atoms with E-state index in [2.05, 4.69) is 15.2 Å². The predicted molar refractivity (Wildman–Crippen MR) is 62.9 cm³/mol. The van der Waals surface area contributed by atoms with Gasteiger partial charge in [-0.2, -0.15) is 10.1 Å². The van der Waals surface area contributed by atoms with Gasteiger partial charge < -0.3 is 9.42 Å². The maximum absolute atomic E-state index is 11.9. The van der Waals surface area contributed by atoms with Crippen LogP contribution in [-0.2, 0) is 20.0 Å². The van der Waals surface area contributed by atoms with E-state index in [1.807, 2.05) is 19.0 Å². The van der Waals surface area contributed by atoms with Gasteiger partial charge >= 0.3 is 0 Å². The van der Waals surface area contributed by atoms with Crippen molar-refractivity contribution in [2.24, 2.45) is 7.05 Å². The van der Waals surface area contributed by atoms with Gasteiger partial charge in [0.05, 0.1) is 13.0 Å². The van der Waals surface area contributed by atoms with Crippen molar-refractivity contribution in [3.05, 3.63) is 29.7 Å². The molecular weight excluding hydrogens is 234 g/mol. The first-order valence-corrected chi connectivity index (χ1v) is 5.53. The van der Waals surface area contributed by atoms with Gasteiger partial charge in [-0.05, 0) is 20.2 Å². The van der Waals surface area contributed by atoms with Crippen LogP contribution in [-0.4, -0.2) is 44.7 Å².